The van der Waals surface area contributed by atoms with Gasteiger partial charge >= 0.3 is 6.03 Å². The molecule has 0 spiro atoms. The molecule has 24 heavy (non-hydrogen) atoms. The molecule has 0 bridgehead atoms. The Hall–Kier alpha value is -1.60. The van der Waals surface area contributed by atoms with E-state index in [1.807, 2.05) is 20.8 Å². The molecule has 2 heterocycles. The van der Waals surface area contributed by atoms with Crippen molar-refractivity contribution in [2.75, 3.05) is 26.3 Å². The first-order valence-corrected chi connectivity index (χ1v) is 8.68. The number of carbonyl (C=O) groups excluding carboxylic acids is 1. The zero-order valence-corrected chi connectivity index (χ0v) is 15.4. The topological polar surface area (TPSA) is 79.6 Å². The van der Waals surface area contributed by atoms with Crippen LogP contribution in [0.3, 0.4) is 0 Å². The zero-order valence-electron chi connectivity index (χ0n) is 15.4. The summed E-state index contributed by atoms with van der Waals surface area (Å²) >= 11 is 0. The number of hydrogen-bond acceptors (Lipinski definition) is 5. The molecule has 0 unspecified atom stereocenters. The van der Waals surface area contributed by atoms with E-state index < -0.39 is 0 Å². The fourth-order valence-corrected chi connectivity index (χ4v) is 3.18. The molecule has 2 N–H and O–H groups in total. The monoisotopic (exact) mass is 338 g/mol. The minimum absolute atomic E-state index is 0.0133. The van der Waals surface area contributed by atoms with Crippen LogP contribution in [0.2, 0.25) is 0 Å². The number of morpholine rings is 1. The van der Waals surface area contributed by atoms with E-state index in [-0.39, 0.29) is 18.1 Å². The largest absolute Gasteiger partial charge is 0.379 e. The van der Waals surface area contributed by atoms with E-state index in [9.17, 15) is 4.79 Å². The highest BCUT2D eigenvalue weighted by Crippen LogP contribution is 2.14. The minimum Gasteiger partial charge on any atom is -0.379 e. The Labute approximate surface area is 144 Å². The summed E-state index contributed by atoms with van der Waals surface area (Å²) in [6.45, 7) is 13.1. The first-order valence-electron chi connectivity index (χ1n) is 8.68. The molecule has 0 aromatic carbocycles. The molecule has 1 aliphatic heterocycles. The summed E-state index contributed by atoms with van der Waals surface area (Å²) in [5.74, 6) is 0.816. The van der Waals surface area contributed by atoms with Crippen molar-refractivity contribution in [2.24, 2.45) is 0 Å². The molecule has 0 saturated carbocycles. The lowest BCUT2D eigenvalue weighted by Crippen LogP contribution is -2.53. The number of hydrogen-bond donors (Lipinski definition) is 2. The highest BCUT2D eigenvalue weighted by molar-refractivity contribution is 5.74. The first-order chi connectivity index (χ1) is 11.4. The van der Waals surface area contributed by atoms with Gasteiger partial charge in [0.15, 0.2) is 0 Å². The lowest BCUT2D eigenvalue weighted by Gasteiger charge is -2.37. The number of aromatic nitrogens is 1. The number of rotatable bonds is 6. The molecule has 3 atom stereocenters. The Morgan fingerprint density at radius 3 is 2.79 bits per heavy atom. The number of amides is 2. The average Bonchev–Trinajstić information content (AvgIpc) is 2.85. The maximum atomic E-state index is 12.1. The van der Waals surface area contributed by atoms with Gasteiger partial charge in [0.1, 0.15) is 5.76 Å². The van der Waals surface area contributed by atoms with Gasteiger partial charge in [0.2, 0.25) is 0 Å². The maximum Gasteiger partial charge on any atom is 0.315 e. The van der Waals surface area contributed by atoms with E-state index in [1.165, 1.54) is 0 Å². The highest BCUT2D eigenvalue weighted by atomic mass is 16.5. The van der Waals surface area contributed by atoms with Crippen molar-refractivity contribution in [3.05, 3.63) is 17.0 Å². The van der Waals surface area contributed by atoms with Crippen LogP contribution < -0.4 is 10.6 Å². The molecular formula is C17H30N4O3. The van der Waals surface area contributed by atoms with E-state index in [2.05, 4.69) is 34.5 Å². The Bertz CT molecular complexity index is 526. The maximum absolute atomic E-state index is 12.1. The molecule has 7 nitrogen and oxygen atoms in total. The molecule has 2 rings (SSSR count). The first kappa shape index (κ1) is 18.7. The summed E-state index contributed by atoms with van der Waals surface area (Å²) in [7, 11) is 0. The Morgan fingerprint density at radius 2 is 2.17 bits per heavy atom. The second kappa shape index (κ2) is 8.48. The van der Waals surface area contributed by atoms with Gasteiger partial charge in [-0.3, -0.25) is 4.90 Å². The van der Waals surface area contributed by atoms with Gasteiger partial charge < -0.3 is 19.9 Å². The van der Waals surface area contributed by atoms with E-state index in [1.54, 1.807) is 0 Å². The van der Waals surface area contributed by atoms with E-state index in [4.69, 9.17) is 9.26 Å². The zero-order chi connectivity index (χ0) is 17.7. The van der Waals surface area contributed by atoms with Gasteiger partial charge in [-0.05, 0) is 41.0 Å². The quantitative estimate of drug-likeness (QED) is 0.824. The summed E-state index contributed by atoms with van der Waals surface area (Å²) in [6, 6.07) is 0.547. The molecule has 2 amide bonds. The van der Waals surface area contributed by atoms with E-state index in [0.717, 1.165) is 36.8 Å². The van der Waals surface area contributed by atoms with Crippen LogP contribution in [-0.2, 0) is 11.2 Å². The third-order valence-electron chi connectivity index (χ3n) is 4.61. The number of nitrogens with one attached hydrogen (secondary N) is 2. The van der Waals surface area contributed by atoms with Gasteiger partial charge in [0, 0.05) is 36.8 Å². The van der Waals surface area contributed by atoms with Crippen molar-refractivity contribution in [2.45, 2.75) is 59.2 Å². The molecule has 1 fully saturated rings. The van der Waals surface area contributed by atoms with Crippen LogP contribution in [0.5, 0.6) is 0 Å². The van der Waals surface area contributed by atoms with E-state index in [0.29, 0.717) is 19.0 Å². The van der Waals surface area contributed by atoms with Gasteiger partial charge in [0.05, 0.1) is 18.9 Å². The highest BCUT2D eigenvalue weighted by Gasteiger charge is 2.24. The standard InChI is InChI=1S/C17H30N4O3/c1-11(8-16-14(4)20-24-15(16)5)19-17(22)18-9-12(2)21-6-7-23-10-13(21)3/h11-13H,6-10H2,1-5H3,(H2,18,19,22)/t11-,12+,13+/m0/s1. The van der Waals surface area contributed by atoms with Gasteiger partial charge in [-0.2, -0.15) is 0 Å². The normalized spacial score (nSPS) is 21.3. The smallest absolute Gasteiger partial charge is 0.315 e. The number of aryl methyl sites for hydroxylation is 2. The predicted octanol–water partition coefficient (Wildman–Crippen LogP) is 1.63. The molecule has 0 aliphatic carbocycles. The van der Waals surface area contributed by atoms with Gasteiger partial charge in [-0.15, -0.1) is 0 Å². The second-order valence-electron chi connectivity index (χ2n) is 6.77. The second-order valence-corrected chi connectivity index (χ2v) is 6.77. The molecule has 7 heteroatoms. The van der Waals surface area contributed by atoms with Crippen molar-refractivity contribution in [1.29, 1.82) is 0 Å². The van der Waals surface area contributed by atoms with Crippen LogP contribution in [0.15, 0.2) is 4.52 Å². The summed E-state index contributed by atoms with van der Waals surface area (Å²) in [6.07, 6.45) is 0.713. The van der Waals surface area contributed by atoms with Crippen LogP contribution in [0, 0.1) is 13.8 Å². The molecule has 1 saturated heterocycles. The van der Waals surface area contributed by atoms with Crippen molar-refractivity contribution < 1.29 is 14.1 Å². The molecule has 0 radical (unpaired) electrons. The Balaban J connectivity index is 1.74. The SMILES string of the molecule is Cc1noc(C)c1C[C@H](C)NC(=O)NC[C@@H](C)N1CCOC[C@H]1C. The summed E-state index contributed by atoms with van der Waals surface area (Å²) in [5.41, 5.74) is 1.95. The fraction of sp³-hybridized carbons (Fsp3) is 0.765. The molecule has 1 aromatic rings. The van der Waals surface area contributed by atoms with E-state index >= 15 is 0 Å². The van der Waals surface area contributed by atoms with Crippen LogP contribution in [0.25, 0.3) is 0 Å². The summed E-state index contributed by atoms with van der Waals surface area (Å²) in [5, 5.41) is 9.90. The van der Waals surface area contributed by atoms with Crippen LogP contribution >= 0.6 is 0 Å². The van der Waals surface area contributed by atoms with Gasteiger partial charge in [-0.1, -0.05) is 5.16 Å². The predicted molar refractivity (Wildman–Crippen MR) is 92.1 cm³/mol. The van der Waals surface area contributed by atoms with Crippen LogP contribution in [0.1, 0.15) is 37.8 Å². The lowest BCUT2D eigenvalue weighted by molar-refractivity contribution is -0.0176. The van der Waals surface area contributed by atoms with Crippen molar-refractivity contribution in [3.8, 4) is 0 Å². The number of carbonyl (C=O) groups is 1. The minimum atomic E-state index is -0.137. The average molecular weight is 338 g/mol. The third-order valence-corrected chi connectivity index (χ3v) is 4.61. The summed E-state index contributed by atoms with van der Waals surface area (Å²) < 4.78 is 10.6. The lowest BCUT2D eigenvalue weighted by atomic mass is 10.1. The molecule has 1 aromatic heterocycles. The number of urea groups is 1. The Kier molecular flexibility index (Phi) is 6.62. The number of ether oxygens (including phenoxy) is 1. The van der Waals surface area contributed by atoms with Crippen molar-refractivity contribution in [3.63, 3.8) is 0 Å². The van der Waals surface area contributed by atoms with Gasteiger partial charge in [-0.25, -0.2) is 4.79 Å². The third kappa shape index (κ3) is 4.95. The Morgan fingerprint density at radius 1 is 1.42 bits per heavy atom. The van der Waals surface area contributed by atoms with Crippen LogP contribution in [-0.4, -0.2) is 60.5 Å². The van der Waals surface area contributed by atoms with Crippen LogP contribution in [0.4, 0.5) is 4.79 Å². The van der Waals surface area contributed by atoms with Crippen molar-refractivity contribution in [1.82, 2.24) is 20.7 Å². The fourth-order valence-electron chi connectivity index (χ4n) is 3.18. The molecule has 136 valence electrons. The van der Waals surface area contributed by atoms with Gasteiger partial charge in [0.25, 0.3) is 0 Å². The summed E-state index contributed by atoms with van der Waals surface area (Å²) in [4.78, 5) is 14.5. The molecular weight excluding hydrogens is 308 g/mol. The number of nitrogens with zero attached hydrogens (tertiary/aromatic N) is 2. The van der Waals surface area contributed by atoms with Crippen molar-refractivity contribution >= 4 is 6.03 Å². The molecule has 1 aliphatic rings.